The second-order valence-electron chi connectivity index (χ2n) is 8.35. The number of hydrogen-bond donors (Lipinski definition) is 0. The number of carbonyl (C=O) groups is 1. The lowest BCUT2D eigenvalue weighted by Gasteiger charge is -2.26. The molecule has 4 rings (SSSR count). The van der Waals surface area contributed by atoms with Gasteiger partial charge in [0, 0.05) is 36.9 Å². The molecule has 0 saturated carbocycles. The van der Waals surface area contributed by atoms with Crippen LogP contribution in [0.15, 0.2) is 47.4 Å². The highest BCUT2D eigenvalue weighted by Gasteiger charge is 2.30. The van der Waals surface area contributed by atoms with Gasteiger partial charge >= 0.3 is 0 Å². The topological polar surface area (TPSA) is 60.9 Å². The van der Waals surface area contributed by atoms with Crippen LogP contribution in [0.4, 0.5) is 5.69 Å². The molecule has 31 heavy (non-hydrogen) atoms. The molecule has 2 heterocycles. The van der Waals surface area contributed by atoms with Gasteiger partial charge in [-0.05, 0) is 67.8 Å². The fourth-order valence-corrected chi connectivity index (χ4v) is 6.02. The quantitative estimate of drug-likeness (QED) is 0.660. The zero-order valence-corrected chi connectivity index (χ0v) is 19.3. The molecular formula is C23H28ClN3O3S. The molecule has 0 spiro atoms. The van der Waals surface area contributed by atoms with Crippen LogP contribution in [0, 0.1) is 0 Å². The van der Waals surface area contributed by atoms with Gasteiger partial charge in [0.25, 0.3) is 0 Å². The number of hydrogen-bond acceptors (Lipinski definition) is 4. The van der Waals surface area contributed by atoms with Crippen molar-refractivity contribution in [2.75, 3.05) is 38.1 Å². The van der Waals surface area contributed by atoms with Gasteiger partial charge in [0.05, 0.1) is 11.4 Å². The van der Waals surface area contributed by atoms with Crippen molar-refractivity contribution in [1.29, 1.82) is 0 Å². The summed E-state index contributed by atoms with van der Waals surface area (Å²) in [4.78, 5) is 17.0. The first kappa shape index (κ1) is 22.3. The highest BCUT2D eigenvalue weighted by Crippen LogP contribution is 2.32. The van der Waals surface area contributed by atoms with Crippen molar-refractivity contribution in [3.05, 3.63) is 58.6 Å². The molecule has 0 bridgehead atoms. The van der Waals surface area contributed by atoms with E-state index in [9.17, 15) is 13.2 Å². The summed E-state index contributed by atoms with van der Waals surface area (Å²) in [6.07, 6.45) is 3.58. The van der Waals surface area contributed by atoms with E-state index in [-0.39, 0.29) is 12.5 Å². The van der Waals surface area contributed by atoms with E-state index in [0.717, 1.165) is 36.1 Å². The Morgan fingerprint density at radius 3 is 2.45 bits per heavy atom. The number of benzene rings is 2. The zero-order valence-electron chi connectivity index (χ0n) is 17.8. The molecule has 1 amide bonds. The van der Waals surface area contributed by atoms with Crippen molar-refractivity contribution in [3.8, 4) is 0 Å². The van der Waals surface area contributed by atoms with Crippen LogP contribution in [0.2, 0.25) is 5.02 Å². The van der Waals surface area contributed by atoms with E-state index in [1.807, 2.05) is 36.2 Å². The van der Waals surface area contributed by atoms with Crippen LogP contribution < -0.4 is 4.90 Å². The summed E-state index contributed by atoms with van der Waals surface area (Å²) < 4.78 is 27.5. The molecule has 1 saturated heterocycles. The SMILES string of the molecule is CN(CC(=O)N1CCc2cc(S(=O)(=O)N3CCCCC3)ccc21)Cc1ccc(Cl)cc1. The number of carbonyl (C=O) groups excluding carboxylic acids is 1. The summed E-state index contributed by atoms with van der Waals surface area (Å²) in [5.74, 6) is 0.0156. The fourth-order valence-electron chi connectivity index (χ4n) is 4.33. The standard InChI is InChI=1S/C23H28ClN3O3S/c1-25(16-18-5-7-20(24)8-6-18)17-23(28)27-14-11-19-15-21(9-10-22(19)27)31(29,30)26-12-3-2-4-13-26/h5-10,15H,2-4,11-14,16-17H2,1H3. The second-order valence-corrected chi connectivity index (χ2v) is 10.7. The van der Waals surface area contributed by atoms with Crippen LogP contribution in [0.5, 0.6) is 0 Å². The Bertz CT molecular complexity index is 1050. The summed E-state index contributed by atoms with van der Waals surface area (Å²) in [6, 6.07) is 12.8. The average molecular weight is 462 g/mol. The molecule has 0 atom stereocenters. The molecule has 1 fully saturated rings. The van der Waals surface area contributed by atoms with Crippen molar-refractivity contribution in [1.82, 2.24) is 9.21 Å². The number of fused-ring (bicyclic) bond motifs is 1. The molecule has 2 aliphatic heterocycles. The van der Waals surface area contributed by atoms with E-state index in [0.29, 0.717) is 42.5 Å². The van der Waals surface area contributed by atoms with Crippen LogP contribution in [0.1, 0.15) is 30.4 Å². The third kappa shape index (κ3) is 4.95. The zero-order chi connectivity index (χ0) is 22.0. The van der Waals surface area contributed by atoms with Gasteiger partial charge in [-0.3, -0.25) is 9.69 Å². The summed E-state index contributed by atoms with van der Waals surface area (Å²) in [5, 5.41) is 0.692. The molecule has 2 aromatic carbocycles. The third-order valence-corrected chi connectivity index (χ3v) is 8.12. The Morgan fingerprint density at radius 2 is 1.74 bits per heavy atom. The number of likely N-dealkylation sites (N-methyl/N-ethyl adjacent to an activating group) is 1. The van der Waals surface area contributed by atoms with Crippen molar-refractivity contribution in [3.63, 3.8) is 0 Å². The number of rotatable bonds is 6. The van der Waals surface area contributed by atoms with E-state index >= 15 is 0 Å². The monoisotopic (exact) mass is 461 g/mol. The fraction of sp³-hybridized carbons (Fsp3) is 0.435. The highest BCUT2D eigenvalue weighted by molar-refractivity contribution is 7.89. The van der Waals surface area contributed by atoms with Crippen LogP contribution in [0.25, 0.3) is 0 Å². The maximum atomic E-state index is 13.0. The molecule has 0 unspecified atom stereocenters. The van der Waals surface area contributed by atoms with E-state index in [1.165, 1.54) is 0 Å². The second kappa shape index (κ2) is 9.28. The van der Waals surface area contributed by atoms with E-state index < -0.39 is 10.0 Å². The minimum Gasteiger partial charge on any atom is -0.311 e. The predicted molar refractivity (Wildman–Crippen MR) is 123 cm³/mol. The van der Waals surface area contributed by atoms with Gasteiger partial charge in [-0.2, -0.15) is 4.31 Å². The lowest BCUT2D eigenvalue weighted by Crippen LogP contribution is -2.38. The van der Waals surface area contributed by atoms with Crippen molar-refractivity contribution in [2.45, 2.75) is 37.1 Å². The van der Waals surface area contributed by atoms with Crippen LogP contribution >= 0.6 is 11.6 Å². The Kier molecular flexibility index (Phi) is 6.67. The first-order valence-electron chi connectivity index (χ1n) is 10.7. The maximum Gasteiger partial charge on any atom is 0.243 e. The Labute approximate surface area is 189 Å². The molecule has 6 nitrogen and oxygen atoms in total. The van der Waals surface area contributed by atoms with E-state index in [2.05, 4.69) is 0 Å². The number of piperidine rings is 1. The number of amides is 1. The lowest BCUT2D eigenvalue weighted by atomic mass is 10.2. The molecule has 2 aliphatic rings. The maximum absolute atomic E-state index is 13.0. The van der Waals surface area contributed by atoms with Crippen LogP contribution in [-0.4, -0.2) is 56.8 Å². The van der Waals surface area contributed by atoms with Gasteiger partial charge in [0.1, 0.15) is 0 Å². The molecule has 0 N–H and O–H groups in total. The first-order valence-corrected chi connectivity index (χ1v) is 12.5. The van der Waals surface area contributed by atoms with Crippen molar-refractivity contribution < 1.29 is 13.2 Å². The van der Waals surface area contributed by atoms with Gasteiger partial charge < -0.3 is 4.90 Å². The minimum atomic E-state index is -3.47. The van der Waals surface area contributed by atoms with E-state index in [4.69, 9.17) is 11.6 Å². The van der Waals surface area contributed by atoms with Crippen molar-refractivity contribution >= 4 is 33.2 Å². The first-order chi connectivity index (χ1) is 14.8. The average Bonchev–Trinajstić information content (AvgIpc) is 3.19. The molecule has 8 heteroatoms. The van der Waals surface area contributed by atoms with Gasteiger partial charge in [-0.1, -0.05) is 30.2 Å². The van der Waals surface area contributed by atoms with Gasteiger partial charge in [-0.25, -0.2) is 8.42 Å². The Hall–Kier alpha value is -1.93. The number of halogens is 1. The number of nitrogens with zero attached hydrogens (tertiary/aromatic N) is 3. The summed E-state index contributed by atoms with van der Waals surface area (Å²) in [7, 11) is -1.55. The number of anilines is 1. The summed E-state index contributed by atoms with van der Waals surface area (Å²) in [5.41, 5.74) is 2.84. The van der Waals surface area contributed by atoms with Crippen LogP contribution in [-0.2, 0) is 27.8 Å². The molecule has 166 valence electrons. The smallest absolute Gasteiger partial charge is 0.243 e. The highest BCUT2D eigenvalue weighted by atomic mass is 35.5. The van der Waals surface area contributed by atoms with E-state index in [1.54, 1.807) is 27.4 Å². The Morgan fingerprint density at radius 1 is 1.03 bits per heavy atom. The predicted octanol–water partition coefficient (Wildman–Crippen LogP) is 3.54. The molecule has 0 aliphatic carbocycles. The minimum absolute atomic E-state index is 0.0156. The van der Waals surface area contributed by atoms with Crippen molar-refractivity contribution in [2.24, 2.45) is 0 Å². The van der Waals surface area contributed by atoms with Gasteiger partial charge in [0.15, 0.2) is 0 Å². The Balaban J connectivity index is 1.43. The summed E-state index contributed by atoms with van der Waals surface area (Å²) in [6.45, 7) is 2.69. The largest absolute Gasteiger partial charge is 0.311 e. The molecule has 0 radical (unpaired) electrons. The van der Waals surface area contributed by atoms with Gasteiger partial charge in [-0.15, -0.1) is 0 Å². The molecule has 0 aromatic heterocycles. The molecular weight excluding hydrogens is 434 g/mol. The third-order valence-electron chi connectivity index (χ3n) is 5.97. The summed E-state index contributed by atoms with van der Waals surface area (Å²) >= 11 is 5.94. The number of sulfonamides is 1. The molecule has 2 aromatic rings. The lowest BCUT2D eigenvalue weighted by molar-refractivity contribution is -0.119. The van der Waals surface area contributed by atoms with Crippen LogP contribution in [0.3, 0.4) is 0 Å². The van der Waals surface area contributed by atoms with Gasteiger partial charge in [0.2, 0.25) is 15.9 Å². The normalized spacial score (nSPS) is 17.2.